The second-order valence-corrected chi connectivity index (χ2v) is 8.57. The number of halogens is 3. The van der Waals surface area contributed by atoms with Crippen LogP contribution in [0.3, 0.4) is 0 Å². The largest absolute Gasteiger partial charge is 0.309 e. The average molecular weight is 456 g/mol. The van der Waals surface area contributed by atoms with E-state index in [-0.39, 0.29) is 6.04 Å². The van der Waals surface area contributed by atoms with Crippen LogP contribution in [0.15, 0.2) is 14.3 Å². The van der Waals surface area contributed by atoms with Gasteiger partial charge in [0, 0.05) is 28.0 Å². The van der Waals surface area contributed by atoms with Crippen molar-refractivity contribution >= 4 is 54.8 Å². The van der Waals surface area contributed by atoms with Crippen molar-refractivity contribution in [2.45, 2.75) is 32.7 Å². The zero-order valence-electron chi connectivity index (χ0n) is 12.2. The molecule has 7 heteroatoms. The monoisotopic (exact) mass is 453 g/mol. The molecule has 0 amide bonds. The normalized spacial score (nSPS) is 12.9. The lowest BCUT2D eigenvalue weighted by atomic mass is 10.1. The highest BCUT2D eigenvalue weighted by molar-refractivity contribution is 9.13. The summed E-state index contributed by atoms with van der Waals surface area (Å²) in [4.78, 5) is 1.29. The summed E-state index contributed by atoms with van der Waals surface area (Å²) in [7, 11) is 1.88. The van der Waals surface area contributed by atoms with Crippen molar-refractivity contribution in [3.8, 4) is 0 Å². The Morgan fingerprint density at radius 3 is 2.67 bits per heavy atom. The molecule has 0 aliphatic carbocycles. The number of thiophene rings is 1. The SMILES string of the molecule is CCCNC(Cc1c(C)nn(C)c1Cl)c1cc(Br)c(Br)s1. The first-order valence-corrected chi connectivity index (χ1v) is 9.58. The van der Waals surface area contributed by atoms with E-state index in [9.17, 15) is 0 Å². The molecular weight excluding hydrogens is 438 g/mol. The van der Waals surface area contributed by atoms with E-state index >= 15 is 0 Å². The summed E-state index contributed by atoms with van der Waals surface area (Å²) in [5.41, 5.74) is 2.12. The van der Waals surface area contributed by atoms with Crippen molar-refractivity contribution < 1.29 is 0 Å². The Bertz CT molecular complexity index is 605. The van der Waals surface area contributed by atoms with Crippen LogP contribution >= 0.6 is 54.8 Å². The number of nitrogens with zero attached hydrogens (tertiary/aromatic N) is 2. The molecule has 0 spiro atoms. The minimum absolute atomic E-state index is 0.248. The van der Waals surface area contributed by atoms with Gasteiger partial charge in [0.1, 0.15) is 5.15 Å². The highest BCUT2D eigenvalue weighted by Crippen LogP contribution is 2.37. The van der Waals surface area contributed by atoms with Crippen molar-refractivity contribution in [2.75, 3.05) is 6.54 Å². The number of rotatable bonds is 6. The van der Waals surface area contributed by atoms with Crippen LogP contribution < -0.4 is 5.32 Å². The third-order valence-corrected chi connectivity index (χ3v) is 7.17. The third kappa shape index (κ3) is 4.10. The molecule has 0 saturated heterocycles. The number of hydrogen-bond acceptors (Lipinski definition) is 3. The Morgan fingerprint density at radius 1 is 1.48 bits per heavy atom. The maximum atomic E-state index is 6.37. The van der Waals surface area contributed by atoms with Crippen molar-refractivity contribution in [2.24, 2.45) is 7.05 Å². The smallest absolute Gasteiger partial charge is 0.130 e. The van der Waals surface area contributed by atoms with Gasteiger partial charge < -0.3 is 5.32 Å². The molecule has 0 saturated carbocycles. The van der Waals surface area contributed by atoms with E-state index in [4.69, 9.17) is 11.6 Å². The van der Waals surface area contributed by atoms with Gasteiger partial charge in [-0.2, -0.15) is 5.10 Å². The zero-order valence-corrected chi connectivity index (χ0v) is 17.0. The van der Waals surface area contributed by atoms with Crippen LogP contribution in [0.25, 0.3) is 0 Å². The molecular formula is C14H18Br2ClN3S. The van der Waals surface area contributed by atoms with E-state index in [1.54, 1.807) is 16.0 Å². The summed E-state index contributed by atoms with van der Waals surface area (Å²) in [5.74, 6) is 0. The molecule has 0 radical (unpaired) electrons. The maximum Gasteiger partial charge on any atom is 0.130 e. The summed E-state index contributed by atoms with van der Waals surface area (Å²) in [6.07, 6.45) is 1.95. The Morgan fingerprint density at radius 2 is 2.19 bits per heavy atom. The van der Waals surface area contributed by atoms with Crippen LogP contribution in [0.5, 0.6) is 0 Å². The van der Waals surface area contributed by atoms with Crippen LogP contribution in [0, 0.1) is 6.92 Å². The van der Waals surface area contributed by atoms with E-state index in [1.165, 1.54) is 4.88 Å². The van der Waals surface area contributed by atoms with Gasteiger partial charge in [0.15, 0.2) is 0 Å². The van der Waals surface area contributed by atoms with E-state index in [0.29, 0.717) is 0 Å². The maximum absolute atomic E-state index is 6.37. The van der Waals surface area contributed by atoms with Gasteiger partial charge in [-0.25, -0.2) is 0 Å². The molecule has 1 atom stereocenters. The Balaban J connectivity index is 2.28. The van der Waals surface area contributed by atoms with E-state index in [1.807, 2.05) is 14.0 Å². The molecule has 3 nitrogen and oxygen atoms in total. The Labute approximate surface area is 151 Å². The van der Waals surface area contributed by atoms with Gasteiger partial charge in [-0.3, -0.25) is 4.68 Å². The van der Waals surface area contributed by atoms with Gasteiger partial charge in [-0.15, -0.1) is 11.3 Å². The van der Waals surface area contributed by atoms with Gasteiger partial charge >= 0.3 is 0 Å². The molecule has 1 N–H and O–H groups in total. The first-order valence-electron chi connectivity index (χ1n) is 6.80. The molecule has 1 unspecified atom stereocenters. The van der Waals surface area contributed by atoms with E-state index in [0.717, 1.165) is 44.1 Å². The molecule has 2 aromatic heterocycles. The van der Waals surface area contributed by atoms with Gasteiger partial charge in [0.05, 0.1) is 9.48 Å². The molecule has 0 bridgehead atoms. The molecule has 0 aliphatic heterocycles. The summed E-state index contributed by atoms with van der Waals surface area (Å²) >= 11 is 15.3. The van der Waals surface area contributed by atoms with Crippen LogP contribution in [0.1, 0.15) is 35.5 Å². The van der Waals surface area contributed by atoms with E-state index in [2.05, 4.69) is 55.3 Å². The number of aromatic nitrogens is 2. The lowest BCUT2D eigenvalue weighted by molar-refractivity contribution is 0.535. The molecule has 2 heterocycles. The zero-order chi connectivity index (χ0) is 15.6. The predicted octanol–water partition coefficient (Wildman–Crippen LogP) is 5.25. The van der Waals surface area contributed by atoms with Gasteiger partial charge in [0.25, 0.3) is 0 Å². The van der Waals surface area contributed by atoms with Crippen molar-refractivity contribution in [1.82, 2.24) is 15.1 Å². The second kappa shape index (κ2) is 7.59. The summed E-state index contributed by atoms with van der Waals surface area (Å²) in [5, 5.41) is 8.74. The highest BCUT2D eigenvalue weighted by atomic mass is 79.9. The predicted molar refractivity (Wildman–Crippen MR) is 97.4 cm³/mol. The summed E-state index contributed by atoms with van der Waals surface area (Å²) in [6, 6.07) is 2.42. The number of aryl methyl sites for hydroxylation is 2. The quantitative estimate of drug-likeness (QED) is 0.645. The summed E-state index contributed by atoms with van der Waals surface area (Å²) < 4.78 is 3.96. The van der Waals surface area contributed by atoms with Gasteiger partial charge in [0.2, 0.25) is 0 Å². The van der Waals surface area contributed by atoms with Crippen LogP contribution in [-0.4, -0.2) is 16.3 Å². The Kier molecular flexibility index (Phi) is 6.32. The first-order chi connectivity index (χ1) is 9.93. The fourth-order valence-electron chi connectivity index (χ4n) is 2.24. The molecule has 0 aliphatic rings. The van der Waals surface area contributed by atoms with Gasteiger partial charge in [-0.05, 0) is 64.2 Å². The van der Waals surface area contributed by atoms with Crippen LogP contribution in [0.4, 0.5) is 0 Å². The van der Waals surface area contributed by atoms with Crippen molar-refractivity contribution in [3.05, 3.63) is 35.6 Å². The third-order valence-electron chi connectivity index (χ3n) is 3.33. The van der Waals surface area contributed by atoms with Crippen LogP contribution in [0.2, 0.25) is 5.15 Å². The molecule has 0 aromatic carbocycles. The average Bonchev–Trinajstić information content (AvgIpc) is 2.88. The molecule has 2 rings (SSSR count). The number of nitrogens with one attached hydrogen (secondary N) is 1. The standard InChI is InChI=1S/C14H18Br2ClN3S/c1-4-5-18-11(12-7-10(15)13(16)21-12)6-9-8(2)19-20(3)14(9)17/h7,11,18H,4-6H2,1-3H3. The molecule has 0 fully saturated rings. The molecule has 2 aromatic rings. The number of hydrogen-bond donors (Lipinski definition) is 1. The van der Waals surface area contributed by atoms with E-state index < -0.39 is 0 Å². The first kappa shape index (κ1) is 17.5. The minimum atomic E-state index is 0.248. The molecule has 116 valence electrons. The Hall–Kier alpha value is 0.120. The fourth-order valence-corrected chi connectivity index (χ4v) is 4.65. The topological polar surface area (TPSA) is 29.9 Å². The summed E-state index contributed by atoms with van der Waals surface area (Å²) in [6.45, 7) is 5.17. The molecule has 21 heavy (non-hydrogen) atoms. The fraction of sp³-hybridized carbons (Fsp3) is 0.500. The van der Waals surface area contributed by atoms with Crippen LogP contribution in [-0.2, 0) is 13.5 Å². The van der Waals surface area contributed by atoms with Crippen molar-refractivity contribution in [1.29, 1.82) is 0 Å². The second-order valence-electron chi connectivity index (χ2n) is 4.96. The van der Waals surface area contributed by atoms with Gasteiger partial charge in [-0.1, -0.05) is 18.5 Å². The highest BCUT2D eigenvalue weighted by Gasteiger charge is 2.20. The van der Waals surface area contributed by atoms with Crippen molar-refractivity contribution in [3.63, 3.8) is 0 Å². The minimum Gasteiger partial charge on any atom is -0.309 e. The lowest BCUT2D eigenvalue weighted by Crippen LogP contribution is -2.23. The lowest BCUT2D eigenvalue weighted by Gasteiger charge is -2.17.